The maximum absolute atomic E-state index is 12.8. The molecule has 2 aliphatic heterocycles. The number of nitrogens with zero attached hydrogens (tertiary/aromatic N) is 1. The average Bonchev–Trinajstić information content (AvgIpc) is 2.53. The summed E-state index contributed by atoms with van der Waals surface area (Å²) in [5.41, 5.74) is 5.45. The first-order valence-electron chi connectivity index (χ1n) is 7.86. The van der Waals surface area contributed by atoms with E-state index >= 15 is 0 Å². The Morgan fingerprint density at radius 1 is 1.24 bits per heavy atom. The summed E-state index contributed by atoms with van der Waals surface area (Å²) in [5, 5.41) is 8.73. The average molecular weight is 298 g/mol. The molecule has 6 nitrogen and oxygen atoms in total. The van der Waals surface area contributed by atoms with Crippen molar-refractivity contribution in [3.63, 3.8) is 0 Å². The molecule has 0 bridgehead atoms. The fraction of sp³-hybridized carbons (Fsp3) is 0.867. The SMILES string of the molecule is NCC1(C(=O)N2CCC(CCC(=O)O)CC2)CCOCC1. The third-order valence-electron chi connectivity index (χ3n) is 4.96. The van der Waals surface area contributed by atoms with Gasteiger partial charge in [0, 0.05) is 39.3 Å². The lowest BCUT2D eigenvalue weighted by atomic mass is 9.78. The maximum atomic E-state index is 12.8. The van der Waals surface area contributed by atoms with Gasteiger partial charge in [-0.1, -0.05) is 0 Å². The Balaban J connectivity index is 1.86. The fourth-order valence-corrected chi connectivity index (χ4v) is 3.36. The fourth-order valence-electron chi connectivity index (χ4n) is 3.36. The van der Waals surface area contributed by atoms with Crippen LogP contribution in [0.1, 0.15) is 38.5 Å². The number of carbonyl (C=O) groups excluding carboxylic acids is 1. The standard InChI is InChI=1S/C15H26N2O4/c16-11-15(5-9-21-10-6-15)14(20)17-7-3-12(4-8-17)1-2-13(18)19/h12H,1-11,16H2,(H,18,19). The molecule has 2 saturated heterocycles. The van der Waals surface area contributed by atoms with Crippen LogP contribution in [0.25, 0.3) is 0 Å². The summed E-state index contributed by atoms with van der Waals surface area (Å²) in [6, 6.07) is 0. The summed E-state index contributed by atoms with van der Waals surface area (Å²) in [6.45, 7) is 3.06. The molecule has 0 atom stereocenters. The Bertz CT molecular complexity index is 372. The number of amides is 1. The minimum atomic E-state index is -0.738. The highest BCUT2D eigenvalue weighted by molar-refractivity contribution is 5.83. The molecule has 120 valence electrons. The van der Waals surface area contributed by atoms with Gasteiger partial charge in [0.1, 0.15) is 0 Å². The molecular weight excluding hydrogens is 272 g/mol. The second-order valence-corrected chi connectivity index (χ2v) is 6.26. The molecule has 1 amide bonds. The third kappa shape index (κ3) is 3.95. The molecule has 0 saturated carbocycles. The predicted octanol–water partition coefficient (Wildman–Crippen LogP) is 0.845. The van der Waals surface area contributed by atoms with Crippen LogP contribution >= 0.6 is 0 Å². The smallest absolute Gasteiger partial charge is 0.303 e. The van der Waals surface area contributed by atoms with Crippen LogP contribution in [-0.4, -0.2) is 54.7 Å². The Hall–Kier alpha value is -1.14. The summed E-state index contributed by atoms with van der Waals surface area (Å²) in [4.78, 5) is 25.3. The molecule has 2 fully saturated rings. The lowest BCUT2D eigenvalue weighted by molar-refractivity contribution is -0.149. The first-order valence-corrected chi connectivity index (χ1v) is 7.86. The van der Waals surface area contributed by atoms with Crippen LogP contribution in [0.15, 0.2) is 0 Å². The van der Waals surface area contributed by atoms with Crippen LogP contribution in [0.3, 0.4) is 0 Å². The number of likely N-dealkylation sites (tertiary alicyclic amines) is 1. The van der Waals surface area contributed by atoms with Crippen molar-refractivity contribution in [3.8, 4) is 0 Å². The molecule has 0 spiro atoms. The van der Waals surface area contributed by atoms with E-state index in [4.69, 9.17) is 15.6 Å². The zero-order valence-corrected chi connectivity index (χ0v) is 12.6. The lowest BCUT2D eigenvalue weighted by Gasteiger charge is -2.41. The van der Waals surface area contributed by atoms with Crippen molar-refractivity contribution >= 4 is 11.9 Å². The van der Waals surface area contributed by atoms with Gasteiger partial charge in [0.2, 0.25) is 5.91 Å². The molecule has 6 heteroatoms. The van der Waals surface area contributed by atoms with Gasteiger partial charge in [-0.05, 0) is 38.0 Å². The molecule has 2 rings (SSSR count). The van der Waals surface area contributed by atoms with E-state index in [0.29, 0.717) is 44.9 Å². The highest BCUT2D eigenvalue weighted by Crippen LogP contribution is 2.33. The molecule has 0 unspecified atom stereocenters. The molecule has 2 heterocycles. The molecule has 0 aromatic carbocycles. The Labute approximate surface area is 125 Å². The number of piperidine rings is 1. The van der Waals surface area contributed by atoms with Crippen LogP contribution in [0.2, 0.25) is 0 Å². The largest absolute Gasteiger partial charge is 0.481 e. The van der Waals surface area contributed by atoms with E-state index in [1.54, 1.807) is 0 Å². The molecular formula is C15H26N2O4. The molecule has 21 heavy (non-hydrogen) atoms. The Kier molecular flexibility index (Phi) is 5.58. The summed E-state index contributed by atoms with van der Waals surface area (Å²) in [5.74, 6) is -0.142. The van der Waals surface area contributed by atoms with Crippen LogP contribution < -0.4 is 5.73 Å². The quantitative estimate of drug-likeness (QED) is 0.785. The molecule has 3 N–H and O–H groups in total. The minimum Gasteiger partial charge on any atom is -0.481 e. The van der Waals surface area contributed by atoms with Crippen LogP contribution in [-0.2, 0) is 14.3 Å². The monoisotopic (exact) mass is 298 g/mol. The van der Waals surface area contributed by atoms with E-state index in [9.17, 15) is 9.59 Å². The van der Waals surface area contributed by atoms with Gasteiger partial charge in [-0.2, -0.15) is 0 Å². The van der Waals surface area contributed by atoms with Crippen molar-refractivity contribution in [1.29, 1.82) is 0 Å². The van der Waals surface area contributed by atoms with E-state index in [-0.39, 0.29) is 12.3 Å². The van der Waals surface area contributed by atoms with Gasteiger partial charge >= 0.3 is 5.97 Å². The van der Waals surface area contributed by atoms with Crippen LogP contribution in [0.5, 0.6) is 0 Å². The lowest BCUT2D eigenvalue weighted by Crippen LogP contribution is -2.52. The highest BCUT2D eigenvalue weighted by atomic mass is 16.5. The van der Waals surface area contributed by atoms with Gasteiger partial charge in [0.05, 0.1) is 5.41 Å². The van der Waals surface area contributed by atoms with Gasteiger partial charge in [0.15, 0.2) is 0 Å². The first kappa shape index (κ1) is 16.2. The normalized spacial score (nSPS) is 23.0. The van der Waals surface area contributed by atoms with E-state index < -0.39 is 11.4 Å². The zero-order valence-electron chi connectivity index (χ0n) is 12.6. The Morgan fingerprint density at radius 2 is 1.86 bits per heavy atom. The Morgan fingerprint density at radius 3 is 2.38 bits per heavy atom. The first-order chi connectivity index (χ1) is 10.1. The van der Waals surface area contributed by atoms with Crippen molar-refractivity contribution < 1.29 is 19.4 Å². The van der Waals surface area contributed by atoms with Gasteiger partial charge in [-0.25, -0.2) is 0 Å². The third-order valence-corrected chi connectivity index (χ3v) is 4.96. The van der Waals surface area contributed by atoms with Gasteiger partial charge in [0.25, 0.3) is 0 Å². The molecule has 2 aliphatic rings. The van der Waals surface area contributed by atoms with Crippen molar-refractivity contribution in [2.24, 2.45) is 17.1 Å². The van der Waals surface area contributed by atoms with Crippen LogP contribution in [0, 0.1) is 11.3 Å². The summed E-state index contributed by atoms with van der Waals surface area (Å²) >= 11 is 0. The number of carboxylic acids is 1. The molecule has 0 aliphatic carbocycles. The maximum Gasteiger partial charge on any atom is 0.303 e. The number of carbonyl (C=O) groups is 2. The number of rotatable bonds is 5. The zero-order chi connectivity index (χ0) is 15.3. The highest BCUT2D eigenvalue weighted by Gasteiger charge is 2.42. The van der Waals surface area contributed by atoms with Gasteiger partial charge in [-0.15, -0.1) is 0 Å². The van der Waals surface area contributed by atoms with E-state index in [0.717, 1.165) is 25.9 Å². The van der Waals surface area contributed by atoms with Crippen molar-refractivity contribution in [2.45, 2.75) is 38.5 Å². The molecule has 0 aromatic rings. The van der Waals surface area contributed by atoms with Crippen LogP contribution in [0.4, 0.5) is 0 Å². The van der Waals surface area contributed by atoms with Crippen molar-refractivity contribution in [2.75, 3.05) is 32.8 Å². The van der Waals surface area contributed by atoms with Crippen molar-refractivity contribution in [3.05, 3.63) is 0 Å². The second kappa shape index (κ2) is 7.22. The van der Waals surface area contributed by atoms with Gasteiger partial charge < -0.3 is 20.5 Å². The minimum absolute atomic E-state index is 0.171. The number of aliphatic carboxylic acids is 1. The number of hydrogen-bond donors (Lipinski definition) is 2. The van der Waals surface area contributed by atoms with E-state index in [1.807, 2.05) is 4.90 Å². The number of carboxylic acid groups (broad SMARTS) is 1. The van der Waals surface area contributed by atoms with Crippen molar-refractivity contribution in [1.82, 2.24) is 4.90 Å². The number of nitrogens with two attached hydrogens (primary N) is 1. The molecule has 0 aromatic heterocycles. The van der Waals surface area contributed by atoms with E-state index in [1.165, 1.54) is 0 Å². The molecule has 0 radical (unpaired) electrons. The summed E-state index contributed by atoms with van der Waals surface area (Å²) in [6.07, 6.45) is 4.16. The number of hydrogen-bond acceptors (Lipinski definition) is 4. The summed E-state index contributed by atoms with van der Waals surface area (Å²) in [7, 11) is 0. The second-order valence-electron chi connectivity index (χ2n) is 6.26. The topological polar surface area (TPSA) is 92.9 Å². The van der Waals surface area contributed by atoms with E-state index in [2.05, 4.69) is 0 Å². The van der Waals surface area contributed by atoms with Gasteiger partial charge in [-0.3, -0.25) is 9.59 Å². The number of ether oxygens (including phenoxy) is 1. The summed E-state index contributed by atoms with van der Waals surface area (Å²) < 4.78 is 5.35. The predicted molar refractivity (Wildman–Crippen MR) is 77.7 cm³/mol.